The van der Waals surface area contributed by atoms with E-state index >= 15 is 0 Å². The Hall–Kier alpha value is -2.99. The molecule has 0 aliphatic carbocycles. The zero-order valence-electron chi connectivity index (χ0n) is 10.7. The Morgan fingerprint density at radius 3 is 2.55 bits per heavy atom. The Morgan fingerprint density at radius 1 is 0.900 bits per heavy atom. The summed E-state index contributed by atoms with van der Waals surface area (Å²) >= 11 is 0. The van der Waals surface area contributed by atoms with Crippen LogP contribution in [-0.4, -0.2) is 0 Å². The summed E-state index contributed by atoms with van der Waals surface area (Å²) in [5.74, 6) is 1.23. The average molecular weight is 260 g/mol. The van der Waals surface area contributed by atoms with E-state index in [0.29, 0.717) is 17.0 Å². The summed E-state index contributed by atoms with van der Waals surface area (Å²) in [7, 11) is 0. The fourth-order valence-corrected chi connectivity index (χ4v) is 2.10. The molecule has 0 amide bonds. The minimum absolute atomic E-state index is 0.500. The van der Waals surface area contributed by atoms with E-state index < -0.39 is 0 Å². The van der Waals surface area contributed by atoms with Gasteiger partial charge in [-0.3, -0.25) is 0 Å². The van der Waals surface area contributed by atoms with E-state index in [0.717, 1.165) is 16.5 Å². The molecule has 0 fully saturated rings. The number of hydrogen-bond acceptors (Lipinski definition) is 3. The van der Waals surface area contributed by atoms with Gasteiger partial charge in [-0.15, -0.1) is 0 Å². The maximum absolute atomic E-state index is 8.94. The molecule has 2 N–H and O–H groups in total. The Kier molecular flexibility index (Phi) is 2.98. The third kappa shape index (κ3) is 2.15. The van der Waals surface area contributed by atoms with Crippen molar-refractivity contribution in [3.63, 3.8) is 0 Å². The van der Waals surface area contributed by atoms with Crippen LogP contribution in [0.2, 0.25) is 0 Å². The maximum Gasteiger partial charge on any atom is 0.151 e. The second-order valence-corrected chi connectivity index (χ2v) is 4.44. The molecule has 0 aliphatic rings. The van der Waals surface area contributed by atoms with E-state index in [9.17, 15) is 0 Å². The van der Waals surface area contributed by atoms with Crippen LogP contribution in [0.4, 0.5) is 5.69 Å². The van der Waals surface area contributed by atoms with Crippen LogP contribution >= 0.6 is 0 Å². The molecule has 0 spiro atoms. The van der Waals surface area contributed by atoms with Gasteiger partial charge in [0.25, 0.3) is 0 Å². The number of nitriles is 1. The molecule has 0 atom stereocenters. The number of anilines is 1. The lowest BCUT2D eigenvalue weighted by Crippen LogP contribution is -1.93. The van der Waals surface area contributed by atoms with Crippen molar-refractivity contribution >= 4 is 16.5 Å². The molecule has 0 unspecified atom stereocenters. The zero-order valence-corrected chi connectivity index (χ0v) is 10.7. The van der Waals surface area contributed by atoms with Crippen molar-refractivity contribution in [2.75, 3.05) is 5.73 Å². The molecule has 0 bridgehead atoms. The van der Waals surface area contributed by atoms with E-state index in [1.807, 2.05) is 42.5 Å². The third-order valence-electron chi connectivity index (χ3n) is 3.11. The highest BCUT2D eigenvalue weighted by atomic mass is 16.5. The van der Waals surface area contributed by atoms with Crippen molar-refractivity contribution in [1.82, 2.24) is 0 Å². The highest BCUT2D eigenvalue weighted by Gasteiger charge is 2.06. The van der Waals surface area contributed by atoms with Gasteiger partial charge in [-0.25, -0.2) is 0 Å². The molecular weight excluding hydrogens is 248 g/mol. The molecule has 0 saturated heterocycles. The van der Waals surface area contributed by atoms with Gasteiger partial charge >= 0.3 is 0 Å². The fraction of sp³-hybridized carbons (Fsp3) is 0. The first-order valence-corrected chi connectivity index (χ1v) is 6.23. The van der Waals surface area contributed by atoms with Crippen LogP contribution < -0.4 is 10.5 Å². The monoisotopic (exact) mass is 260 g/mol. The SMILES string of the molecule is N#Cc1ccc(N)c(Oc2cccc3ccccc23)c1. The second-order valence-electron chi connectivity index (χ2n) is 4.44. The van der Waals surface area contributed by atoms with E-state index in [-0.39, 0.29) is 0 Å². The van der Waals surface area contributed by atoms with Gasteiger partial charge in [0.05, 0.1) is 17.3 Å². The summed E-state index contributed by atoms with van der Waals surface area (Å²) in [5, 5.41) is 11.1. The van der Waals surface area contributed by atoms with Gasteiger partial charge in [-0.2, -0.15) is 5.26 Å². The first kappa shape index (κ1) is 12.1. The normalized spacial score (nSPS) is 10.2. The summed E-state index contributed by atoms with van der Waals surface area (Å²) in [4.78, 5) is 0. The number of benzene rings is 3. The van der Waals surface area contributed by atoms with Crippen LogP contribution in [0, 0.1) is 11.3 Å². The zero-order chi connectivity index (χ0) is 13.9. The number of ether oxygens (including phenoxy) is 1. The lowest BCUT2D eigenvalue weighted by atomic mass is 10.1. The molecule has 3 nitrogen and oxygen atoms in total. The van der Waals surface area contributed by atoms with Crippen LogP contribution in [0.1, 0.15) is 5.56 Å². The first-order chi connectivity index (χ1) is 9.78. The van der Waals surface area contributed by atoms with Crippen LogP contribution in [-0.2, 0) is 0 Å². The van der Waals surface area contributed by atoms with Crippen LogP contribution in [0.5, 0.6) is 11.5 Å². The predicted octanol–water partition coefficient (Wildman–Crippen LogP) is 4.09. The number of nitrogen functional groups attached to an aromatic ring is 1. The predicted molar refractivity (Wildman–Crippen MR) is 79.6 cm³/mol. The van der Waals surface area contributed by atoms with Gasteiger partial charge in [-0.1, -0.05) is 36.4 Å². The fourth-order valence-electron chi connectivity index (χ4n) is 2.10. The average Bonchev–Trinajstić information content (AvgIpc) is 2.50. The number of hydrogen-bond donors (Lipinski definition) is 1. The molecule has 0 saturated carbocycles. The van der Waals surface area contributed by atoms with Crippen LogP contribution in [0.3, 0.4) is 0 Å². The Balaban J connectivity index is 2.08. The lowest BCUT2D eigenvalue weighted by Gasteiger charge is -2.11. The summed E-state index contributed by atoms with van der Waals surface area (Å²) in [6, 6.07) is 20.9. The van der Waals surface area contributed by atoms with Gasteiger partial charge in [0.1, 0.15) is 5.75 Å². The molecule has 0 heterocycles. The largest absolute Gasteiger partial charge is 0.455 e. The third-order valence-corrected chi connectivity index (χ3v) is 3.11. The van der Waals surface area contributed by atoms with Gasteiger partial charge in [-0.05, 0) is 23.6 Å². The van der Waals surface area contributed by atoms with Gasteiger partial charge in [0, 0.05) is 11.5 Å². The van der Waals surface area contributed by atoms with Gasteiger partial charge in [0.15, 0.2) is 5.75 Å². The molecule has 0 radical (unpaired) electrons. The number of nitrogens with two attached hydrogens (primary N) is 1. The van der Waals surface area contributed by atoms with Gasteiger partial charge in [0.2, 0.25) is 0 Å². The van der Waals surface area contributed by atoms with Crippen molar-refractivity contribution < 1.29 is 4.74 Å². The van der Waals surface area contributed by atoms with E-state index in [1.54, 1.807) is 18.2 Å². The lowest BCUT2D eigenvalue weighted by molar-refractivity contribution is 0.490. The maximum atomic E-state index is 8.94. The molecule has 3 rings (SSSR count). The van der Waals surface area contributed by atoms with Crippen molar-refractivity contribution in [1.29, 1.82) is 5.26 Å². The van der Waals surface area contributed by atoms with Crippen molar-refractivity contribution in [3.8, 4) is 17.6 Å². The Morgan fingerprint density at radius 2 is 1.70 bits per heavy atom. The smallest absolute Gasteiger partial charge is 0.151 e. The topological polar surface area (TPSA) is 59.0 Å². The van der Waals surface area contributed by atoms with Crippen molar-refractivity contribution in [2.24, 2.45) is 0 Å². The Bertz CT molecular complexity index is 813. The quantitative estimate of drug-likeness (QED) is 0.706. The number of rotatable bonds is 2. The second kappa shape index (κ2) is 4.94. The molecule has 20 heavy (non-hydrogen) atoms. The summed E-state index contributed by atoms with van der Waals surface area (Å²) in [6.07, 6.45) is 0. The van der Waals surface area contributed by atoms with Crippen LogP contribution in [0.15, 0.2) is 60.7 Å². The Labute approximate surface area is 116 Å². The molecule has 3 heteroatoms. The minimum atomic E-state index is 0.500. The first-order valence-electron chi connectivity index (χ1n) is 6.23. The molecule has 0 aliphatic heterocycles. The standard InChI is InChI=1S/C17H12N2O/c18-11-12-8-9-15(19)17(10-12)20-16-7-3-5-13-4-1-2-6-14(13)16/h1-10H,19H2. The molecule has 3 aromatic rings. The molecule has 96 valence electrons. The molecular formula is C17H12N2O. The highest BCUT2D eigenvalue weighted by molar-refractivity contribution is 5.88. The van der Waals surface area contributed by atoms with Crippen molar-refractivity contribution in [2.45, 2.75) is 0 Å². The highest BCUT2D eigenvalue weighted by Crippen LogP contribution is 2.33. The summed E-state index contributed by atoms with van der Waals surface area (Å²) in [6.45, 7) is 0. The number of fused-ring (bicyclic) bond motifs is 1. The van der Waals surface area contributed by atoms with E-state index in [4.69, 9.17) is 15.7 Å². The molecule has 3 aromatic carbocycles. The summed E-state index contributed by atoms with van der Waals surface area (Å²) in [5.41, 5.74) is 6.94. The molecule has 0 aromatic heterocycles. The van der Waals surface area contributed by atoms with Crippen LogP contribution in [0.25, 0.3) is 10.8 Å². The van der Waals surface area contributed by atoms with Crippen molar-refractivity contribution in [3.05, 3.63) is 66.2 Å². The van der Waals surface area contributed by atoms with Gasteiger partial charge < -0.3 is 10.5 Å². The van der Waals surface area contributed by atoms with E-state index in [2.05, 4.69) is 6.07 Å². The minimum Gasteiger partial charge on any atom is -0.455 e. The van der Waals surface area contributed by atoms with E-state index in [1.165, 1.54) is 0 Å². The summed E-state index contributed by atoms with van der Waals surface area (Å²) < 4.78 is 5.89. The number of nitrogens with zero attached hydrogens (tertiary/aromatic N) is 1.